The Balaban J connectivity index is 1.89. The zero-order valence-electron chi connectivity index (χ0n) is 9.28. The van der Waals surface area contributed by atoms with Crippen molar-refractivity contribution in [2.75, 3.05) is 18.1 Å². The number of rotatable bonds is 2. The van der Waals surface area contributed by atoms with Crippen molar-refractivity contribution in [2.45, 2.75) is 19.4 Å². The average Bonchev–Trinajstić information content (AvgIpc) is 2.46. The molecule has 1 saturated heterocycles. The minimum atomic E-state index is 0.655. The highest BCUT2D eigenvalue weighted by Gasteiger charge is 2.15. The maximum Gasteiger partial charge on any atom is 0.0198 e. The molecule has 2 atom stereocenters. The summed E-state index contributed by atoms with van der Waals surface area (Å²) in [4.78, 5) is 0. The lowest BCUT2D eigenvalue weighted by Crippen LogP contribution is -2.34. The van der Waals surface area contributed by atoms with Crippen LogP contribution in [0.2, 0.25) is 0 Å². The third-order valence-electron chi connectivity index (χ3n) is 2.80. The minimum Gasteiger partial charge on any atom is -0.313 e. The van der Waals surface area contributed by atoms with Gasteiger partial charge < -0.3 is 5.32 Å². The molecule has 0 amide bonds. The van der Waals surface area contributed by atoms with E-state index >= 15 is 0 Å². The lowest BCUT2D eigenvalue weighted by molar-refractivity contribution is 0.502. The molecular formula is C13H19NS. The molecule has 2 unspecified atom stereocenters. The molecule has 0 saturated carbocycles. The maximum atomic E-state index is 3.66. The lowest BCUT2D eigenvalue weighted by Gasteiger charge is -2.15. The number of hydrogen-bond acceptors (Lipinski definition) is 2. The van der Waals surface area contributed by atoms with Crippen molar-refractivity contribution in [2.24, 2.45) is 5.92 Å². The summed E-state index contributed by atoms with van der Waals surface area (Å²) < 4.78 is 0. The summed E-state index contributed by atoms with van der Waals surface area (Å²) in [7, 11) is 0. The van der Waals surface area contributed by atoms with Gasteiger partial charge in [-0.25, -0.2) is 0 Å². The van der Waals surface area contributed by atoms with Crippen molar-refractivity contribution < 1.29 is 0 Å². The van der Waals surface area contributed by atoms with Crippen molar-refractivity contribution in [3.05, 3.63) is 35.9 Å². The van der Waals surface area contributed by atoms with Gasteiger partial charge in [0.25, 0.3) is 0 Å². The molecule has 1 aromatic carbocycles. The summed E-state index contributed by atoms with van der Waals surface area (Å²) in [5.41, 5.74) is 1.45. The van der Waals surface area contributed by atoms with E-state index in [2.05, 4.69) is 54.3 Å². The average molecular weight is 221 g/mol. The summed E-state index contributed by atoms with van der Waals surface area (Å²) in [6, 6.07) is 11.4. The van der Waals surface area contributed by atoms with E-state index < -0.39 is 0 Å². The Morgan fingerprint density at radius 3 is 2.87 bits per heavy atom. The minimum absolute atomic E-state index is 0.655. The Bertz CT molecular complexity index is 286. The molecule has 1 nitrogen and oxygen atoms in total. The van der Waals surface area contributed by atoms with E-state index in [-0.39, 0.29) is 0 Å². The lowest BCUT2D eigenvalue weighted by atomic mass is 10.1. The Hall–Kier alpha value is -0.470. The second-order valence-corrected chi connectivity index (χ2v) is 5.51. The van der Waals surface area contributed by atoms with E-state index in [0.29, 0.717) is 6.04 Å². The fraction of sp³-hybridized carbons (Fsp3) is 0.538. The van der Waals surface area contributed by atoms with Crippen molar-refractivity contribution in [3.63, 3.8) is 0 Å². The smallest absolute Gasteiger partial charge is 0.0198 e. The van der Waals surface area contributed by atoms with Crippen molar-refractivity contribution >= 4 is 11.8 Å². The molecule has 82 valence electrons. The number of benzene rings is 1. The molecule has 15 heavy (non-hydrogen) atoms. The number of hydrogen-bond donors (Lipinski definition) is 1. The van der Waals surface area contributed by atoms with Crippen LogP contribution < -0.4 is 5.32 Å². The van der Waals surface area contributed by atoms with Crippen LogP contribution in [0.25, 0.3) is 0 Å². The maximum absolute atomic E-state index is 3.66. The summed E-state index contributed by atoms with van der Waals surface area (Å²) in [6.07, 6.45) is 1.17. The first-order valence-electron chi connectivity index (χ1n) is 5.69. The fourth-order valence-corrected chi connectivity index (χ4v) is 3.10. The van der Waals surface area contributed by atoms with Gasteiger partial charge >= 0.3 is 0 Å². The molecule has 1 aromatic rings. The van der Waals surface area contributed by atoms with Crippen molar-refractivity contribution in [1.29, 1.82) is 0 Å². The number of thioether (sulfide) groups is 1. The third kappa shape index (κ3) is 3.54. The molecule has 1 N–H and O–H groups in total. The van der Waals surface area contributed by atoms with Gasteiger partial charge in [-0.3, -0.25) is 0 Å². The van der Waals surface area contributed by atoms with Gasteiger partial charge in [0.15, 0.2) is 0 Å². The predicted molar refractivity (Wildman–Crippen MR) is 68.4 cm³/mol. The quantitative estimate of drug-likeness (QED) is 0.824. The van der Waals surface area contributed by atoms with Crippen LogP contribution in [0, 0.1) is 5.92 Å². The first-order valence-corrected chi connectivity index (χ1v) is 6.85. The van der Waals surface area contributed by atoms with Gasteiger partial charge in [-0.15, -0.1) is 0 Å². The van der Waals surface area contributed by atoms with Gasteiger partial charge in [-0.1, -0.05) is 37.3 Å². The predicted octanol–water partition coefficient (Wildman–Crippen LogP) is 2.57. The summed E-state index contributed by atoms with van der Waals surface area (Å²) in [5.74, 6) is 3.37. The molecule has 0 bridgehead atoms. The van der Waals surface area contributed by atoms with Crippen LogP contribution in [0.15, 0.2) is 30.3 Å². The first kappa shape index (κ1) is 11.0. The third-order valence-corrected chi connectivity index (χ3v) is 4.24. The molecular weight excluding hydrogens is 202 g/mol. The summed E-state index contributed by atoms with van der Waals surface area (Å²) >= 11 is 2.09. The zero-order valence-corrected chi connectivity index (χ0v) is 10.1. The molecule has 0 radical (unpaired) electrons. The second kappa shape index (κ2) is 5.57. The zero-order chi connectivity index (χ0) is 10.5. The highest BCUT2D eigenvalue weighted by molar-refractivity contribution is 7.99. The Morgan fingerprint density at radius 2 is 2.07 bits per heavy atom. The van der Waals surface area contributed by atoms with Crippen molar-refractivity contribution in [1.82, 2.24) is 5.32 Å². The van der Waals surface area contributed by atoms with Crippen LogP contribution in [0.5, 0.6) is 0 Å². The highest BCUT2D eigenvalue weighted by Crippen LogP contribution is 2.16. The van der Waals surface area contributed by atoms with Gasteiger partial charge in [0.1, 0.15) is 0 Å². The molecule has 1 heterocycles. The van der Waals surface area contributed by atoms with Gasteiger partial charge in [0.05, 0.1) is 0 Å². The topological polar surface area (TPSA) is 12.0 Å². The molecule has 2 rings (SSSR count). The highest BCUT2D eigenvalue weighted by atomic mass is 32.2. The first-order chi connectivity index (χ1) is 7.34. The second-order valence-electron chi connectivity index (χ2n) is 4.44. The normalized spacial score (nSPS) is 27.3. The van der Waals surface area contributed by atoms with Crippen LogP contribution >= 0.6 is 11.8 Å². The molecule has 1 aliphatic heterocycles. The Morgan fingerprint density at radius 1 is 1.27 bits per heavy atom. The molecule has 1 aliphatic rings. The largest absolute Gasteiger partial charge is 0.313 e. The summed E-state index contributed by atoms with van der Waals surface area (Å²) in [6.45, 7) is 3.50. The Labute approximate surface area is 96.7 Å². The van der Waals surface area contributed by atoms with Gasteiger partial charge in [-0.05, 0) is 30.2 Å². The van der Waals surface area contributed by atoms with Crippen molar-refractivity contribution in [3.8, 4) is 0 Å². The molecule has 1 fully saturated rings. The molecule has 0 aliphatic carbocycles. The standard InChI is InChI=1S/C13H19NS/c1-11-8-14-13(10-15-9-11)7-12-5-3-2-4-6-12/h2-6,11,13-14H,7-10H2,1H3. The monoisotopic (exact) mass is 221 g/mol. The molecule has 0 aromatic heterocycles. The van der Waals surface area contributed by atoms with E-state index in [0.717, 1.165) is 5.92 Å². The molecule has 0 spiro atoms. The van der Waals surface area contributed by atoms with Gasteiger partial charge in [0.2, 0.25) is 0 Å². The summed E-state index contributed by atoms with van der Waals surface area (Å²) in [5, 5.41) is 3.66. The van der Waals surface area contributed by atoms with E-state index in [9.17, 15) is 0 Å². The van der Waals surface area contributed by atoms with Gasteiger partial charge in [-0.2, -0.15) is 11.8 Å². The van der Waals surface area contributed by atoms with Crippen LogP contribution in [-0.2, 0) is 6.42 Å². The van der Waals surface area contributed by atoms with Gasteiger partial charge in [0, 0.05) is 11.8 Å². The Kier molecular flexibility index (Phi) is 4.09. The van der Waals surface area contributed by atoms with E-state index in [1.165, 1.54) is 30.0 Å². The molecule has 2 heteroatoms. The fourth-order valence-electron chi connectivity index (χ4n) is 1.93. The van der Waals surface area contributed by atoms with Crippen LogP contribution in [-0.4, -0.2) is 24.1 Å². The van der Waals surface area contributed by atoms with Crippen LogP contribution in [0.3, 0.4) is 0 Å². The SMILES string of the molecule is CC1CNC(Cc2ccccc2)CSC1. The number of nitrogens with one attached hydrogen (secondary N) is 1. The van der Waals surface area contributed by atoms with Crippen LogP contribution in [0.1, 0.15) is 12.5 Å². The van der Waals surface area contributed by atoms with Crippen LogP contribution in [0.4, 0.5) is 0 Å². The van der Waals surface area contributed by atoms with E-state index in [1.54, 1.807) is 0 Å². The van der Waals surface area contributed by atoms with E-state index in [1.807, 2.05) is 0 Å². The van der Waals surface area contributed by atoms with E-state index in [4.69, 9.17) is 0 Å².